The van der Waals surface area contributed by atoms with Crippen LogP contribution in [0.5, 0.6) is 0 Å². The van der Waals surface area contributed by atoms with Crippen LogP contribution in [0.1, 0.15) is 168 Å². The average Bonchev–Trinajstić information content (AvgIpc) is 1.75. The lowest BCUT2D eigenvalue weighted by Gasteiger charge is -2.41. The monoisotopic (exact) mass is 1370 g/mol. The Labute approximate surface area is 568 Å². The zero-order chi connectivity index (χ0) is 72.1. The van der Waals surface area contributed by atoms with Gasteiger partial charge in [0.05, 0.1) is 31.6 Å². The van der Waals surface area contributed by atoms with Gasteiger partial charge in [-0.25, -0.2) is 4.39 Å². The topological polar surface area (TPSA) is 270 Å². The number of nitrogens with one attached hydrogen (secondary N) is 3. The van der Waals surface area contributed by atoms with Crippen molar-refractivity contribution in [2.75, 3.05) is 88.6 Å². The molecule has 6 rings (SSSR count). The highest BCUT2D eigenvalue weighted by Gasteiger charge is 2.51. The smallest absolute Gasteiger partial charge is 0.343 e. The maximum absolute atomic E-state index is 15.4. The number of halogens is 4. The Morgan fingerprint density at radius 3 is 1.82 bits per heavy atom. The summed E-state index contributed by atoms with van der Waals surface area (Å²) in [7, 11) is 9.73. The third kappa shape index (κ3) is 19.7. The van der Waals surface area contributed by atoms with Gasteiger partial charge >= 0.3 is 6.18 Å². The number of hydrogen-bond acceptors (Lipinski definition) is 12. The van der Waals surface area contributed by atoms with Gasteiger partial charge in [0.1, 0.15) is 53.6 Å². The van der Waals surface area contributed by atoms with Gasteiger partial charge in [-0.15, -0.1) is 0 Å². The highest BCUT2D eigenvalue weighted by atomic mass is 19.4. The molecular weight excluding hydrogens is 1260 g/mol. The maximum Gasteiger partial charge on any atom is 0.419 e. The Balaban J connectivity index is 1.41. The van der Waals surface area contributed by atoms with Crippen molar-refractivity contribution in [3.8, 4) is 0 Å². The van der Waals surface area contributed by atoms with E-state index >= 15 is 18.8 Å². The molecule has 2 aliphatic carbocycles. The van der Waals surface area contributed by atoms with Crippen molar-refractivity contribution < 1.29 is 75.1 Å². The number of hydrogen-bond donors (Lipinski definition) is 3. The molecule has 5 fully saturated rings. The van der Waals surface area contributed by atoms with E-state index in [1.54, 1.807) is 25.7 Å². The van der Waals surface area contributed by atoms with Crippen molar-refractivity contribution in [1.29, 1.82) is 0 Å². The summed E-state index contributed by atoms with van der Waals surface area (Å²) in [6.07, 6.45) is 1.83. The second-order valence-corrected chi connectivity index (χ2v) is 28.7. The summed E-state index contributed by atoms with van der Waals surface area (Å²) in [5.74, 6) is -11.0. The van der Waals surface area contributed by atoms with Gasteiger partial charge in [0.2, 0.25) is 70.9 Å². The highest BCUT2D eigenvalue weighted by molar-refractivity contribution is 6.00. The predicted molar refractivity (Wildman–Crippen MR) is 352 cm³/mol. The molecule has 97 heavy (non-hydrogen) atoms. The zero-order valence-electron chi connectivity index (χ0n) is 59.2. The van der Waals surface area contributed by atoms with Crippen molar-refractivity contribution in [3.63, 3.8) is 0 Å². The van der Waals surface area contributed by atoms with Crippen LogP contribution < -0.4 is 16.0 Å². The Kier molecular flexibility index (Phi) is 27.8. The normalized spacial score (nSPS) is 26.2. The van der Waals surface area contributed by atoms with Crippen LogP contribution in [0.25, 0.3) is 0 Å². The van der Waals surface area contributed by atoms with Gasteiger partial charge in [-0.1, -0.05) is 99.0 Å². The molecule has 12 amide bonds. The molecule has 8 atom stereocenters. The number of amides is 12. The molecule has 542 valence electrons. The Morgan fingerprint density at radius 1 is 0.629 bits per heavy atom. The van der Waals surface area contributed by atoms with Gasteiger partial charge in [0, 0.05) is 69.0 Å². The molecule has 28 heteroatoms. The number of carbonyl (C=O) groups is 12. The molecule has 2 saturated carbocycles. The molecule has 24 nitrogen and oxygen atoms in total. The summed E-state index contributed by atoms with van der Waals surface area (Å²) in [6, 6.07) is -6.67. The second-order valence-electron chi connectivity index (χ2n) is 28.7. The number of alkyl halides is 3. The number of likely N-dealkylation sites (tertiary alicyclic amines) is 1. The fraction of sp³-hybridized carbons (Fsp3) is 0.739. The zero-order valence-corrected chi connectivity index (χ0v) is 59.2. The first-order chi connectivity index (χ1) is 45.5. The summed E-state index contributed by atoms with van der Waals surface area (Å²) in [4.78, 5) is 188. The number of carbonyl (C=O) groups excluding carboxylic acids is 12. The fourth-order valence-electron chi connectivity index (χ4n) is 14.4. The lowest BCUT2D eigenvalue weighted by molar-refractivity contribution is -0.156. The number of benzene rings is 1. The van der Waals surface area contributed by atoms with Crippen LogP contribution in [0.2, 0.25) is 0 Å². The van der Waals surface area contributed by atoms with Gasteiger partial charge < -0.3 is 60.0 Å². The predicted octanol–water partition coefficient (Wildman–Crippen LogP) is 4.59. The highest BCUT2D eigenvalue weighted by Crippen LogP contribution is 2.36. The van der Waals surface area contributed by atoms with E-state index in [1.807, 2.05) is 20.8 Å². The standard InChI is InChI=1S/C69H106F4N12O12/c1-14-44(6)58-65(95)79(9)40-56(88)77(7)41-57(89)81(11)52(37-45-23-16-15-17-24-45)63(93)78(8)39-54(86)74-49(29-27-46-26-28-47(48(70)36-46)69(71,72)73)62(92)85-34-22-25-50(85)61(91)76-68(30-18-19-31-68)67(97)83(13)59(43(4)5)66(96)82(12)53(64(94)84-32-20-21-33-84)38-55(87)80(10)51(35-42(2)3)60(90)75-58/h26,28,36,42-45,49-53,58-59H,14-25,27,29-35,37-41H2,1-13H3,(H,74,86)(H,75,90)(H,76,91)/t44-,49-,50-,51-,52-,53-,58-,59-/m0/s1. The summed E-state index contributed by atoms with van der Waals surface area (Å²) in [5, 5.41) is 8.56. The third-order valence-corrected chi connectivity index (χ3v) is 20.6. The largest absolute Gasteiger partial charge is 0.419 e. The summed E-state index contributed by atoms with van der Waals surface area (Å²) < 4.78 is 56.0. The van der Waals surface area contributed by atoms with Crippen LogP contribution in [0.15, 0.2) is 18.2 Å². The van der Waals surface area contributed by atoms with Crippen LogP contribution in [0.4, 0.5) is 17.6 Å². The number of likely N-dealkylation sites (N-methyl/N-ethyl adjacent to an activating group) is 7. The molecule has 0 radical (unpaired) electrons. The molecule has 5 aliphatic rings. The van der Waals surface area contributed by atoms with Crippen LogP contribution in [0.3, 0.4) is 0 Å². The maximum atomic E-state index is 15.4. The molecule has 3 N–H and O–H groups in total. The second kappa shape index (κ2) is 34.4. The Bertz CT molecular complexity index is 3020. The minimum Gasteiger partial charge on any atom is -0.343 e. The number of fused-ring (bicyclic) bond motifs is 1. The van der Waals surface area contributed by atoms with Crippen molar-refractivity contribution in [2.45, 2.75) is 218 Å². The molecule has 1 aromatic rings. The molecule has 1 aromatic carbocycles. The average molecular weight is 1370 g/mol. The lowest BCUT2D eigenvalue weighted by atomic mass is 9.84. The van der Waals surface area contributed by atoms with Crippen LogP contribution >= 0.6 is 0 Å². The van der Waals surface area contributed by atoms with E-state index in [-0.39, 0.29) is 75.3 Å². The molecule has 0 bridgehead atoms. The van der Waals surface area contributed by atoms with E-state index in [0.717, 1.165) is 52.9 Å². The summed E-state index contributed by atoms with van der Waals surface area (Å²) in [5.41, 5.74) is -3.06. The molecule has 0 aromatic heterocycles. The fourth-order valence-corrected chi connectivity index (χ4v) is 14.4. The number of aryl methyl sites for hydroxylation is 1. The number of nitrogens with zero attached hydrogens (tertiary/aromatic N) is 9. The van der Waals surface area contributed by atoms with Gasteiger partial charge in [0.15, 0.2) is 0 Å². The van der Waals surface area contributed by atoms with E-state index in [9.17, 15) is 56.3 Å². The lowest BCUT2D eigenvalue weighted by Crippen LogP contribution is -2.65. The van der Waals surface area contributed by atoms with Crippen molar-refractivity contribution in [1.82, 2.24) is 60.0 Å². The first kappa shape index (κ1) is 78.6. The van der Waals surface area contributed by atoms with Crippen LogP contribution in [-0.2, 0) is 70.1 Å². The van der Waals surface area contributed by atoms with Gasteiger partial charge in [-0.05, 0) is 106 Å². The third-order valence-electron chi connectivity index (χ3n) is 20.6. The quantitative estimate of drug-likeness (QED) is 0.257. The molecule has 1 spiro atoms. The molecule has 3 saturated heterocycles. The first-order valence-electron chi connectivity index (χ1n) is 34.7. The van der Waals surface area contributed by atoms with Crippen LogP contribution in [-0.4, -0.2) is 251 Å². The number of rotatable bonds is 11. The first-order valence-corrected chi connectivity index (χ1v) is 34.7. The molecular formula is C69H106F4N12O12. The van der Waals surface area contributed by atoms with Crippen molar-refractivity contribution in [2.24, 2.45) is 23.7 Å². The molecule has 3 aliphatic heterocycles. The minimum absolute atomic E-state index is 0.00146. The minimum atomic E-state index is -5.00. The summed E-state index contributed by atoms with van der Waals surface area (Å²) >= 11 is 0. The summed E-state index contributed by atoms with van der Waals surface area (Å²) in [6.45, 7) is 9.65. The SMILES string of the molecule is CC[C@H](C)[C@@H]1NC(=O)[C@H](CC(C)C)N(C)C(=O)C[C@@H](C(=O)N2CCCC2)N(C)C(=O)[C@H](C(C)C)N(C)C(=O)C2(CCCC2)NC(=O)[C@@H]2CCCN2C(=O)[C@H](CCc2ccc(C(F)(F)F)c(F)c2)NC(=O)CN(C)C(=O)[C@H](CC2CCCCC2)N(C)C(=O)CN(C)C(=O)CN(C)C1=O. The van der Waals surface area contributed by atoms with Gasteiger partial charge in [0.25, 0.3) is 0 Å². The van der Waals surface area contributed by atoms with Crippen molar-refractivity contribution in [3.05, 3.63) is 35.1 Å². The Hall–Kier alpha value is -7.42. The van der Waals surface area contributed by atoms with E-state index in [4.69, 9.17) is 0 Å². The van der Waals surface area contributed by atoms with E-state index < -0.39 is 174 Å². The molecule has 3 heterocycles. The van der Waals surface area contributed by atoms with Crippen molar-refractivity contribution >= 4 is 70.9 Å². The van der Waals surface area contributed by atoms with Crippen LogP contribution in [0, 0.1) is 29.5 Å². The van der Waals surface area contributed by atoms with Gasteiger partial charge in [-0.2, -0.15) is 13.2 Å². The van der Waals surface area contributed by atoms with Gasteiger partial charge in [-0.3, -0.25) is 57.5 Å². The van der Waals surface area contributed by atoms with E-state index in [2.05, 4.69) is 16.0 Å². The van der Waals surface area contributed by atoms with E-state index in [1.165, 1.54) is 73.8 Å². The van der Waals surface area contributed by atoms with E-state index in [0.29, 0.717) is 57.3 Å². The Morgan fingerprint density at radius 2 is 1.24 bits per heavy atom. The molecule has 0 unspecified atom stereocenters.